The van der Waals surface area contributed by atoms with Crippen molar-refractivity contribution in [2.45, 2.75) is 38.0 Å². The van der Waals surface area contributed by atoms with Crippen LogP contribution in [0.5, 0.6) is 0 Å². The zero-order chi connectivity index (χ0) is 16.8. The Morgan fingerprint density at radius 3 is 2.70 bits per heavy atom. The van der Waals surface area contributed by atoms with Crippen molar-refractivity contribution in [1.82, 2.24) is 9.97 Å². The molecule has 0 bridgehead atoms. The highest BCUT2D eigenvalue weighted by Crippen LogP contribution is 2.33. The molecule has 0 radical (unpaired) electrons. The summed E-state index contributed by atoms with van der Waals surface area (Å²) in [6.45, 7) is 4.34. The number of nitrogens with zero attached hydrogens (tertiary/aromatic N) is 1. The number of H-pyrrole nitrogens is 1. The summed E-state index contributed by atoms with van der Waals surface area (Å²) in [6, 6.07) is 6.51. The largest absolute Gasteiger partial charge is 0.306 e. The summed E-state index contributed by atoms with van der Waals surface area (Å²) < 4.78 is 23.4. The van der Waals surface area contributed by atoms with Crippen molar-refractivity contribution in [3.05, 3.63) is 45.9 Å². The van der Waals surface area contributed by atoms with E-state index >= 15 is 0 Å². The fourth-order valence-electron chi connectivity index (χ4n) is 2.96. The van der Waals surface area contributed by atoms with Gasteiger partial charge in [0.15, 0.2) is 9.84 Å². The Hall–Kier alpha value is -1.95. The molecule has 0 amide bonds. The van der Waals surface area contributed by atoms with Gasteiger partial charge in [-0.1, -0.05) is 26.0 Å². The number of rotatable bonds is 2. The SMILES string of the molecule is CC1(C)CCc2c(nc(-c3cccc(S(C)(=O)=O)c3)[nH]c2=O)C1. The van der Waals surface area contributed by atoms with Gasteiger partial charge in [0.1, 0.15) is 5.82 Å². The molecule has 2 aromatic rings. The lowest BCUT2D eigenvalue weighted by atomic mass is 9.76. The molecule has 122 valence electrons. The topological polar surface area (TPSA) is 79.9 Å². The Morgan fingerprint density at radius 2 is 2.00 bits per heavy atom. The van der Waals surface area contributed by atoms with Gasteiger partial charge in [-0.15, -0.1) is 0 Å². The fraction of sp³-hybridized carbons (Fsp3) is 0.412. The minimum absolute atomic E-state index is 0.120. The second kappa shape index (κ2) is 5.30. The van der Waals surface area contributed by atoms with E-state index in [9.17, 15) is 13.2 Å². The van der Waals surface area contributed by atoms with Gasteiger partial charge in [-0.25, -0.2) is 13.4 Å². The average Bonchev–Trinajstić information content (AvgIpc) is 2.45. The van der Waals surface area contributed by atoms with Gasteiger partial charge in [0.2, 0.25) is 0 Å². The molecule has 1 aromatic heterocycles. The second-order valence-corrected chi connectivity index (χ2v) is 9.00. The molecule has 1 aliphatic rings. The van der Waals surface area contributed by atoms with Gasteiger partial charge >= 0.3 is 0 Å². The number of fused-ring (bicyclic) bond motifs is 1. The molecule has 6 heteroatoms. The smallest absolute Gasteiger partial charge is 0.254 e. The van der Waals surface area contributed by atoms with Crippen LogP contribution >= 0.6 is 0 Å². The predicted molar refractivity (Wildman–Crippen MR) is 89.2 cm³/mol. The van der Waals surface area contributed by atoms with E-state index in [1.54, 1.807) is 24.3 Å². The highest BCUT2D eigenvalue weighted by molar-refractivity contribution is 7.90. The molecular weight excluding hydrogens is 312 g/mol. The Balaban J connectivity index is 2.12. The highest BCUT2D eigenvalue weighted by atomic mass is 32.2. The maximum atomic E-state index is 12.3. The van der Waals surface area contributed by atoms with Crippen LogP contribution in [0.3, 0.4) is 0 Å². The third-order valence-corrected chi connectivity index (χ3v) is 5.44. The number of aromatic amines is 1. The minimum Gasteiger partial charge on any atom is -0.306 e. The molecule has 1 aliphatic carbocycles. The van der Waals surface area contributed by atoms with E-state index in [-0.39, 0.29) is 15.9 Å². The van der Waals surface area contributed by atoms with E-state index in [0.29, 0.717) is 11.4 Å². The van der Waals surface area contributed by atoms with E-state index in [0.717, 1.165) is 36.8 Å². The van der Waals surface area contributed by atoms with E-state index in [2.05, 4.69) is 23.8 Å². The number of nitrogens with one attached hydrogen (secondary N) is 1. The van der Waals surface area contributed by atoms with E-state index in [4.69, 9.17) is 0 Å². The Kier molecular flexibility index (Phi) is 3.67. The van der Waals surface area contributed by atoms with Gasteiger partial charge in [0.05, 0.1) is 10.6 Å². The molecule has 1 N–H and O–H groups in total. The first-order valence-electron chi connectivity index (χ1n) is 7.58. The molecule has 0 aliphatic heterocycles. The molecule has 3 rings (SSSR count). The Morgan fingerprint density at radius 1 is 1.26 bits per heavy atom. The summed E-state index contributed by atoms with van der Waals surface area (Å²) >= 11 is 0. The fourth-order valence-corrected chi connectivity index (χ4v) is 3.63. The molecule has 0 atom stereocenters. The van der Waals surface area contributed by atoms with Gasteiger partial charge in [-0.3, -0.25) is 4.79 Å². The van der Waals surface area contributed by atoms with Crippen molar-refractivity contribution < 1.29 is 8.42 Å². The molecular formula is C17H20N2O3S. The van der Waals surface area contributed by atoms with Crippen LogP contribution in [0.4, 0.5) is 0 Å². The molecule has 0 fully saturated rings. The van der Waals surface area contributed by atoms with Crippen LogP contribution in [-0.2, 0) is 22.7 Å². The molecule has 23 heavy (non-hydrogen) atoms. The summed E-state index contributed by atoms with van der Waals surface area (Å²) in [5.41, 5.74) is 2.19. The third kappa shape index (κ3) is 3.22. The molecule has 0 saturated carbocycles. The zero-order valence-corrected chi connectivity index (χ0v) is 14.3. The summed E-state index contributed by atoms with van der Waals surface area (Å²) in [5.74, 6) is 0.428. The van der Waals surface area contributed by atoms with Gasteiger partial charge < -0.3 is 4.98 Å². The molecule has 0 spiro atoms. The van der Waals surface area contributed by atoms with Crippen molar-refractivity contribution >= 4 is 9.84 Å². The van der Waals surface area contributed by atoms with Crippen LogP contribution in [0.2, 0.25) is 0 Å². The quantitative estimate of drug-likeness (QED) is 0.915. The summed E-state index contributed by atoms with van der Waals surface area (Å²) in [6.07, 6.45) is 3.62. The van der Waals surface area contributed by atoms with Crippen molar-refractivity contribution in [3.8, 4) is 11.4 Å². The van der Waals surface area contributed by atoms with E-state index in [1.165, 1.54) is 0 Å². The average molecular weight is 332 g/mol. The normalized spacial score (nSPS) is 16.8. The maximum absolute atomic E-state index is 12.3. The zero-order valence-electron chi connectivity index (χ0n) is 13.5. The lowest BCUT2D eigenvalue weighted by Crippen LogP contribution is -2.29. The van der Waals surface area contributed by atoms with Crippen LogP contribution in [0.25, 0.3) is 11.4 Å². The lowest BCUT2D eigenvalue weighted by molar-refractivity contribution is 0.309. The number of benzene rings is 1. The number of sulfone groups is 1. The summed E-state index contributed by atoms with van der Waals surface area (Å²) in [4.78, 5) is 20.0. The monoisotopic (exact) mass is 332 g/mol. The molecule has 1 heterocycles. The van der Waals surface area contributed by atoms with Crippen LogP contribution in [0.15, 0.2) is 34.0 Å². The van der Waals surface area contributed by atoms with E-state index < -0.39 is 9.84 Å². The van der Waals surface area contributed by atoms with Crippen LogP contribution in [0, 0.1) is 5.41 Å². The van der Waals surface area contributed by atoms with E-state index in [1.807, 2.05) is 0 Å². The standard InChI is InChI=1S/C17H20N2O3S/c1-17(2)8-7-13-14(10-17)18-15(19-16(13)20)11-5-4-6-12(9-11)23(3,21)22/h4-6,9H,7-8,10H2,1-3H3,(H,18,19,20). The van der Waals surface area contributed by atoms with Crippen molar-refractivity contribution in [2.75, 3.05) is 6.26 Å². The molecule has 1 aromatic carbocycles. The van der Waals surface area contributed by atoms with Gasteiger partial charge in [0.25, 0.3) is 5.56 Å². The second-order valence-electron chi connectivity index (χ2n) is 6.98. The molecule has 0 saturated heterocycles. The third-order valence-electron chi connectivity index (χ3n) is 4.33. The Bertz CT molecular complexity index is 927. The number of aromatic nitrogens is 2. The van der Waals surface area contributed by atoms with Crippen molar-refractivity contribution in [3.63, 3.8) is 0 Å². The molecule has 0 unspecified atom stereocenters. The minimum atomic E-state index is -3.30. The Labute approximate surface area is 135 Å². The van der Waals surface area contributed by atoms with Crippen LogP contribution < -0.4 is 5.56 Å². The first kappa shape index (κ1) is 15.9. The van der Waals surface area contributed by atoms with Gasteiger partial charge in [-0.05, 0) is 36.8 Å². The lowest BCUT2D eigenvalue weighted by Gasteiger charge is -2.30. The van der Waals surface area contributed by atoms with Crippen molar-refractivity contribution in [2.24, 2.45) is 5.41 Å². The van der Waals surface area contributed by atoms with Crippen molar-refractivity contribution in [1.29, 1.82) is 0 Å². The maximum Gasteiger partial charge on any atom is 0.254 e. The van der Waals surface area contributed by atoms with Crippen LogP contribution in [-0.4, -0.2) is 24.6 Å². The highest BCUT2D eigenvalue weighted by Gasteiger charge is 2.28. The summed E-state index contributed by atoms with van der Waals surface area (Å²) in [7, 11) is -3.30. The first-order valence-corrected chi connectivity index (χ1v) is 9.47. The first-order chi connectivity index (χ1) is 10.7. The number of hydrogen-bond acceptors (Lipinski definition) is 4. The van der Waals surface area contributed by atoms with Gasteiger partial charge in [0, 0.05) is 17.4 Å². The molecule has 5 nitrogen and oxygen atoms in total. The predicted octanol–water partition coefficient (Wildman–Crippen LogP) is 2.36. The van der Waals surface area contributed by atoms with Gasteiger partial charge in [-0.2, -0.15) is 0 Å². The number of hydrogen-bond donors (Lipinski definition) is 1. The summed E-state index contributed by atoms with van der Waals surface area (Å²) in [5, 5.41) is 0. The van der Waals surface area contributed by atoms with Crippen LogP contribution in [0.1, 0.15) is 31.5 Å².